The van der Waals surface area contributed by atoms with Crippen LogP contribution in [0.3, 0.4) is 0 Å². The summed E-state index contributed by atoms with van der Waals surface area (Å²) in [5.41, 5.74) is 5.92. The number of rotatable bonds is 9. The highest BCUT2D eigenvalue weighted by molar-refractivity contribution is 5.90. The highest BCUT2D eigenvalue weighted by atomic mass is 16.5. The van der Waals surface area contributed by atoms with Crippen LogP contribution in [0.15, 0.2) is 23.3 Å². The molecule has 2 unspecified atom stereocenters. The number of hydrazone groups is 1. The molecule has 1 fully saturated rings. The minimum absolute atomic E-state index is 0.229. The Morgan fingerprint density at radius 2 is 2.04 bits per heavy atom. The molecule has 5 nitrogen and oxygen atoms in total. The second-order valence-electron chi connectivity index (χ2n) is 7.15. The van der Waals surface area contributed by atoms with Gasteiger partial charge in [0.05, 0.1) is 19.3 Å². The number of nitrogens with one attached hydrogen (secondary N) is 1. The molecule has 144 valence electrons. The summed E-state index contributed by atoms with van der Waals surface area (Å²) in [7, 11) is 0. The molecule has 1 aromatic rings. The van der Waals surface area contributed by atoms with Crippen molar-refractivity contribution in [3.63, 3.8) is 0 Å². The maximum Gasteiger partial charge on any atom is 0.161 e. The molecule has 0 amide bonds. The van der Waals surface area contributed by atoms with E-state index in [-0.39, 0.29) is 6.04 Å². The van der Waals surface area contributed by atoms with Gasteiger partial charge in [0.1, 0.15) is 0 Å². The third kappa shape index (κ3) is 4.32. The van der Waals surface area contributed by atoms with Crippen LogP contribution in [-0.2, 0) is 0 Å². The van der Waals surface area contributed by atoms with E-state index in [0.717, 1.165) is 50.6 Å². The molecular weight excluding hydrogens is 326 g/mol. The first-order valence-corrected chi connectivity index (χ1v) is 10.2. The molecule has 0 aromatic heterocycles. The monoisotopic (exact) mass is 359 g/mol. The number of benzene rings is 1. The maximum atomic E-state index is 5.97. The lowest BCUT2D eigenvalue weighted by Crippen LogP contribution is -2.41. The van der Waals surface area contributed by atoms with Crippen molar-refractivity contribution >= 4 is 5.71 Å². The van der Waals surface area contributed by atoms with Gasteiger partial charge in [-0.3, -0.25) is 0 Å². The van der Waals surface area contributed by atoms with Crippen LogP contribution < -0.4 is 14.9 Å². The fourth-order valence-electron chi connectivity index (χ4n) is 3.85. The zero-order valence-corrected chi connectivity index (χ0v) is 16.5. The van der Waals surface area contributed by atoms with E-state index in [0.29, 0.717) is 12.5 Å². The minimum Gasteiger partial charge on any atom is -0.490 e. The normalized spacial score (nSPS) is 22.5. The van der Waals surface area contributed by atoms with E-state index in [1.165, 1.54) is 24.1 Å². The molecular formula is C21H33N3O2. The number of nitrogens with zero attached hydrogens (tertiary/aromatic N) is 2. The summed E-state index contributed by atoms with van der Waals surface area (Å²) in [4.78, 5) is 2.51. The molecule has 0 aliphatic carbocycles. The fraction of sp³-hybridized carbons (Fsp3) is 0.667. The predicted molar refractivity (Wildman–Crippen MR) is 106 cm³/mol. The molecule has 2 heterocycles. The van der Waals surface area contributed by atoms with Gasteiger partial charge in [-0.1, -0.05) is 32.8 Å². The van der Waals surface area contributed by atoms with Crippen molar-refractivity contribution in [1.82, 2.24) is 10.3 Å². The summed E-state index contributed by atoms with van der Waals surface area (Å²) in [5.74, 6) is 2.15. The molecule has 1 N–H and O–H groups in total. The highest BCUT2D eigenvalue weighted by Crippen LogP contribution is 2.37. The summed E-state index contributed by atoms with van der Waals surface area (Å²) in [5, 5.41) is 4.62. The zero-order valence-electron chi connectivity index (χ0n) is 16.5. The van der Waals surface area contributed by atoms with Crippen molar-refractivity contribution in [1.29, 1.82) is 0 Å². The summed E-state index contributed by atoms with van der Waals surface area (Å²) in [6, 6.07) is 6.60. The van der Waals surface area contributed by atoms with Crippen LogP contribution in [-0.4, -0.2) is 43.5 Å². The van der Waals surface area contributed by atoms with E-state index in [2.05, 4.69) is 47.5 Å². The van der Waals surface area contributed by atoms with Gasteiger partial charge in [-0.05, 0) is 37.6 Å². The van der Waals surface area contributed by atoms with Crippen molar-refractivity contribution in [3.8, 4) is 11.5 Å². The van der Waals surface area contributed by atoms with E-state index < -0.39 is 0 Å². The Balaban J connectivity index is 1.72. The Morgan fingerprint density at radius 3 is 2.81 bits per heavy atom. The Bertz CT molecular complexity index is 617. The third-order valence-corrected chi connectivity index (χ3v) is 5.40. The smallest absolute Gasteiger partial charge is 0.161 e. The lowest BCUT2D eigenvalue weighted by molar-refractivity contribution is 0.238. The van der Waals surface area contributed by atoms with Gasteiger partial charge in [0.25, 0.3) is 0 Å². The Morgan fingerprint density at radius 1 is 1.15 bits per heavy atom. The van der Waals surface area contributed by atoms with Gasteiger partial charge in [-0.2, -0.15) is 5.10 Å². The second kappa shape index (κ2) is 9.26. The van der Waals surface area contributed by atoms with E-state index in [1.807, 2.05) is 6.92 Å². The summed E-state index contributed by atoms with van der Waals surface area (Å²) in [6.07, 6.45) is 4.55. The van der Waals surface area contributed by atoms with E-state index in [9.17, 15) is 0 Å². The number of unbranched alkanes of at least 4 members (excludes halogenated alkanes) is 2. The average molecular weight is 360 g/mol. The molecule has 0 spiro atoms. The molecule has 2 aliphatic rings. The number of piperidine rings is 1. The van der Waals surface area contributed by atoms with Crippen LogP contribution in [0.2, 0.25) is 0 Å². The summed E-state index contributed by atoms with van der Waals surface area (Å²) >= 11 is 0. The van der Waals surface area contributed by atoms with E-state index in [1.54, 1.807) is 0 Å². The number of ether oxygens (including phenoxy) is 2. The number of likely N-dealkylation sites (tertiary alicyclic amines) is 1. The van der Waals surface area contributed by atoms with Crippen LogP contribution >= 0.6 is 0 Å². The van der Waals surface area contributed by atoms with Gasteiger partial charge >= 0.3 is 0 Å². The Hall–Kier alpha value is -1.75. The first kappa shape index (κ1) is 19.0. The van der Waals surface area contributed by atoms with Crippen molar-refractivity contribution in [3.05, 3.63) is 23.8 Å². The first-order valence-electron chi connectivity index (χ1n) is 10.2. The van der Waals surface area contributed by atoms with Crippen LogP contribution in [0.5, 0.6) is 11.5 Å². The Labute approximate surface area is 157 Å². The molecule has 0 bridgehead atoms. The Kier molecular flexibility index (Phi) is 6.78. The molecule has 0 saturated carbocycles. The van der Waals surface area contributed by atoms with Crippen LogP contribution in [0.4, 0.5) is 0 Å². The van der Waals surface area contributed by atoms with Crippen LogP contribution in [0.25, 0.3) is 0 Å². The van der Waals surface area contributed by atoms with Crippen molar-refractivity contribution in [2.75, 3.05) is 32.8 Å². The third-order valence-electron chi connectivity index (χ3n) is 5.40. The summed E-state index contributed by atoms with van der Waals surface area (Å²) in [6.45, 7) is 11.1. The highest BCUT2D eigenvalue weighted by Gasteiger charge is 2.36. The topological polar surface area (TPSA) is 46.1 Å². The van der Waals surface area contributed by atoms with Gasteiger partial charge in [0, 0.05) is 31.1 Å². The maximum absolute atomic E-state index is 5.97. The predicted octanol–water partition coefficient (Wildman–Crippen LogP) is 4.00. The SMILES string of the molecule is CCCCCOc1ccc(C2NN=C3CCN(CC)CC32)cc1OCC. The number of hydrogen-bond donors (Lipinski definition) is 1. The summed E-state index contributed by atoms with van der Waals surface area (Å²) < 4.78 is 11.8. The van der Waals surface area contributed by atoms with Gasteiger partial charge in [-0.25, -0.2) is 0 Å². The average Bonchev–Trinajstić information content (AvgIpc) is 3.09. The lowest BCUT2D eigenvalue weighted by Gasteiger charge is -2.32. The lowest BCUT2D eigenvalue weighted by atomic mass is 9.86. The quantitative estimate of drug-likeness (QED) is 0.677. The standard InChI is InChI=1S/C21H33N3O2/c1-4-7-8-13-26-19-10-9-16(14-20(19)25-6-3)21-17-15-24(5-2)12-11-18(17)22-23-21/h9-10,14,17,21,23H,4-8,11-13,15H2,1-3H3. The molecule has 1 saturated heterocycles. The van der Waals surface area contributed by atoms with Crippen LogP contribution in [0, 0.1) is 5.92 Å². The number of hydrogen-bond acceptors (Lipinski definition) is 5. The zero-order chi connectivity index (χ0) is 18.4. The second-order valence-corrected chi connectivity index (χ2v) is 7.15. The minimum atomic E-state index is 0.229. The molecule has 2 aliphatic heterocycles. The number of fused-ring (bicyclic) bond motifs is 1. The van der Waals surface area contributed by atoms with E-state index >= 15 is 0 Å². The van der Waals surface area contributed by atoms with Crippen LogP contribution in [0.1, 0.15) is 58.1 Å². The molecule has 0 radical (unpaired) electrons. The van der Waals surface area contributed by atoms with Gasteiger partial charge in [0.15, 0.2) is 11.5 Å². The van der Waals surface area contributed by atoms with E-state index in [4.69, 9.17) is 9.47 Å². The van der Waals surface area contributed by atoms with Gasteiger partial charge in [-0.15, -0.1) is 0 Å². The van der Waals surface area contributed by atoms with Gasteiger partial charge in [0.2, 0.25) is 0 Å². The van der Waals surface area contributed by atoms with Crippen molar-refractivity contribution in [2.24, 2.45) is 11.0 Å². The van der Waals surface area contributed by atoms with Gasteiger partial charge < -0.3 is 19.8 Å². The molecule has 26 heavy (non-hydrogen) atoms. The molecule has 5 heteroatoms. The molecule has 1 aromatic carbocycles. The van der Waals surface area contributed by atoms with Crippen molar-refractivity contribution < 1.29 is 9.47 Å². The first-order chi connectivity index (χ1) is 12.8. The van der Waals surface area contributed by atoms with Crippen molar-refractivity contribution in [2.45, 2.75) is 52.5 Å². The molecule has 2 atom stereocenters. The molecule has 3 rings (SSSR count). The largest absolute Gasteiger partial charge is 0.490 e. The fourth-order valence-corrected chi connectivity index (χ4v) is 3.85.